The van der Waals surface area contributed by atoms with Crippen LogP contribution in [0.5, 0.6) is 11.5 Å². The second-order valence-corrected chi connectivity index (χ2v) is 7.76. The van der Waals surface area contributed by atoms with Gasteiger partial charge >= 0.3 is 17.9 Å². The number of ether oxygens (including phenoxy) is 4. The number of ketones is 1. The van der Waals surface area contributed by atoms with Crippen LogP contribution in [0.25, 0.3) is 0 Å². The summed E-state index contributed by atoms with van der Waals surface area (Å²) in [6.45, 7) is 0.0890. The van der Waals surface area contributed by atoms with Gasteiger partial charge in [0.2, 0.25) is 0 Å². The number of cyclic esters (lactones) is 1. The molecule has 0 aliphatic carbocycles. The van der Waals surface area contributed by atoms with Crippen molar-refractivity contribution in [3.63, 3.8) is 0 Å². The van der Waals surface area contributed by atoms with Gasteiger partial charge in [-0.05, 0) is 13.0 Å². The molecular formula is C22H21ClO10. The number of halogens is 1. The Morgan fingerprint density at radius 3 is 2.45 bits per heavy atom. The number of carboxylic acids is 2. The molecule has 2 heterocycles. The van der Waals surface area contributed by atoms with E-state index in [-0.39, 0.29) is 46.3 Å². The van der Waals surface area contributed by atoms with Crippen molar-refractivity contribution in [2.24, 2.45) is 0 Å². The monoisotopic (exact) mass is 480 g/mol. The number of carboxylic acid groups (broad SMARTS) is 2. The molecule has 2 N–H and O–H groups in total. The molecular weight excluding hydrogens is 460 g/mol. The van der Waals surface area contributed by atoms with Gasteiger partial charge in [-0.2, -0.15) is 0 Å². The average molecular weight is 481 g/mol. The van der Waals surface area contributed by atoms with Crippen LogP contribution in [0.4, 0.5) is 0 Å². The molecule has 33 heavy (non-hydrogen) atoms. The van der Waals surface area contributed by atoms with Gasteiger partial charge in [-0.3, -0.25) is 4.79 Å². The fraction of sp³-hybridized carbons (Fsp3) is 0.364. The lowest BCUT2D eigenvalue weighted by Gasteiger charge is -2.20. The van der Waals surface area contributed by atoms with E-state index in [1.54, 1.807) is 19.1 Å². The minimum absolute atomic E-state index is 0.0339. The number of esters is 1. The quantitative estimate of drug-likeness (QED) is 0.458. The van der Waals surface area contributed by atoms with Crippen LogP contribution >= 0.6 is 11.6 Å². The van der Waals surface area contributed by atoms with Crippen LogP contribution in [0, 0.1) is 0 Å². The summed E-state index contributed by atoms with van der Waals surface area (Å²) in [5.41, 5.74) is -0.272. The molecule has 0 amide bonds. The lowest BCUT2D eigenvalue weighted by atomic mass is 9.99. The van der Waals surface area contributed by atoms with Crippen molar-refractivity contribution in [3.8, 4) is 11.5 Å². The maximum atomic E-state index is 13.1. The molecule has 1 saturated heterocycles. The van der Waals surface area contributed by atoms with Crippen molar-refractivity contribution >= 4 is 35.3 Å². The third kappa shape index (κ3) is 6.56. The van der Waals surface area contributed by atoms with Gasteiger partial charge in [0.05, 0.1) is 11.1 Å². The third-order valence-corrected chi connectivity index (χ3v) is 5.15. The van der Waals surface area contributed by atoms with Crippen molar-refractivity contribution in [2.75, 3.05) is 13.2 Å². The van der Waals surface area contributed by atoms with E-state index >= 15 is 0 Å². The third-order valence-electron chi connectivity index (χ3n) is 4.74. The van der Waals surface area contributed by atoms with Gasteiger partial charge in [-0.15, -0.1) is 0 Å². The smallest absolute Gasteiger partial charge is 0.342 e. The minimum Gasteiger partial charge on any atom is -0.481 e. The highest BCUT2D eigenvalue weighted by Crippen LogP contribution is 2.39. The van der Waals surface area contributed by atoms with Gasteiger partial charge in [0.1, 0.15) is 29.3 Å². The summed E-state index contributed by atoms with van der Waals surface area (Å²) in [6.07, 6.45) is 5.43. The number of aliphatic carboxylic acids is 2. The number of carbonyl (C=O) groups is 4. The number of epoxide rings is 1. The molecule has 2 aliphatic rings. The fourth-order valence-electron chi connectivity index (χ4n) is 3.25. The van der Waals surface area contributed by atoms with E-state index < -0.39 is 43.0 Å². The van der Waals surface area contributed by atoms with Crippen LogP contribution in [0.3, 0.4) is 0 Å². The zero-order chi connectivity index (χ0) is 24.1. The van der Waals surface area contributed by atoms with Crippen LogP contribution in [0.1, 0.15) is 29.3 Å². The maximum Gasteiger partial charge on any atom is 0.342 e. The first-order chi connectivity index (χ1) is 15.7. The number of rotatable bonds is 6. The highest BCUT2D eigenvalue weighted by atomic mass is 35.5. The van der Waals surface area contributed by atoms with E-state index in [4.69, 9.17) is 40.8 Å². The first kappa shape index (κ1) is 24.3. The normalized spacial score (nSPS) is 24.4. The molecule has 2 aliphatic heterocycles. The number of allylic oxidation sites excluding steroid dienone is 3. The van der Waals surface area contributed by atoms with Crippen molar-refractivity contribution in [2.45, 2.75) is 38.1 Å². The van der Waals surface area contributed by atoms with Gasteiger partial charge in [-0.1, -0.05) is 29.8 Å². The van der Waals surface area contributed by atoms with Crippen LogP contribution in [0.15, 0.2) is 30.4 Å². The summed E-state index contributed by atoms with van der Waals surface area (Å²) < 4.78 is 21.4. The van der Waals surface area contributed by atoms with E-state index in [1.165, 1.54) is 12.2 Å². The van der Waals surface area contributed by atoms with Crippen molar-refractivity contribution < 1.29 is 48.3 Å². The van der Waals surface area contributed by atoms with Gasteiger partial charge in [0.15, 0.2) is 19.0 Å². The van der Waals surface area contributed by atoms with Gasteiger partial charge < -0.3 is 29.2 Å². The number of hydrogen-bond acceptors (Lipinski definition) is 8. The summed E-state index contributed by atoms with van der Waals surface area (Å²) in [7, 11) is 0. The highest BCUT2D eigenvalue weighted by Gasteiger charge is 2.38. The summed E-state index contributed by atoms with van der Waals surface area (Å²) in [6, 6.07) is 1.10. The van der Waals surface area contributed by atoms with Crippen LogP contribution < -0.4 is 9.47 Å². The highest BCUT2D eigenvalue weighted by molar-refractivity contribution is 6.33. The number of benzene rings is 1. The molecule has 3 atom stereocenters. The van der Waals surface area contributed by atoms with E-state index in [1.807, 2.05) is 0 Å². The second kappa shape index (κ2) is 10.5. The second-order valence-electron chi connectivity index (χ2n) is 7.38. The molecule has 1 aromatic rings. The standard InChI is InChI=1S/C22H21ClO10/c1-11-6-15-14(33-15)5-3-2-4-12(24)7-13-20(22(29)32-11)16(30-9-18(25)26)8-17(21(13)23)31-10-19(27)28/h2-5,8,11,14-15H,6-7,9-10H2,1H3,(H,25,26)(H,27,28)/b4-2+,5-3-/t11-,14+,15+/m1/s1. The van der Waals surface area contributed by atoms with E-state index in [2.05, 4.69) is 0 Å². The molecule has 0 bridgehead atoms. The van der Waals surface area contributed by atoms with Gasteiger partial charge in [0, 0.05) is 24.5 Å². The van der Waals surface area contributed by atoms with E-state index in [9.17, 15) is 19.2 Å². The predicted molar refractivity (Wildman–Crippen MR) is 113 cm³/mol. The summed E-state index contributed by atoms with van der Waals surface area (Å²) in [5.74, 6) is -4.39. The van der Waals surface area contributed by atoms with Crippen LogP contribution in [-0.2, 0) is 30.3 Å². The first-order valence-electron chi connectivity index (χ1n) is 9.94. The molecule has 0 radical (unpaired) electrons. The topological polar surface area (TPSA) is 149 Å². The first-order valence-corrected chi connectivity index (χ1v) is 10.3. The largest absolute Gasteiger partial charge is 0.481 e. The Labute approximate surface area is 193 Å². The zero-order valence-corrected chi connectivity index (χ0v) is 18.2. The Balaban J connectivity index is 2.09. The lowest BCUT2D eigenvalue weighted by molar-refractivity contribution is -0.140. The zero-order valence-electron chi connectivity index (χ0n) is 17.5. The summed E-state index contributed by atoms with van der Waals surface area (Å²) in [5, 5.41) is 17.7. The lowest BCUT2D eigenvalue weighted by Crippen LogP contribution is -2.22. The number of fused-ring (bicyclic) bond motifs is 2. The Kier molecular flexibility index (Phi) is 7.72. The van der Waals surface area contributed by atoms with Crippen LogP contribution in [-0.4, -0.2) is 65.4 Å². The molecule has 0 spiro atoms. The van der Waals surface area contributed by atoms with Gasteiger partial charge in [-0.25, -0.2) is 14.4 Å². The van der Waals surface area contributed by atoms with Gasteiger partial charge in [0.25, 0.3) is 0 Å². The Bertz CT molecular complexity index is 1030. The molecule has 11 heteroatoms. The predicted octanol–water partition coefficient (Wildman–Crippen LogP) is 2.21. The summed E-state index contributed by atoms with van der Waals surface area (Å²) >= 11 is 6.39. The average Bonchev–Trinajstić information content (AvgIpc) is 3.46. The molecule has 1 aromatic carbocycles. The molecule has 1 fully saturated rings. The van der Waals surface area contributed by atoms with Crippen molar-refractivity contribution in [1.82, 2.24) is 0 Å². The molecule has 176 valence electrons. The molecule has 0 saturated carbocycles. The van der Waals surface area contributed by atoms with E-state index in [0.29, 0.717) is 6.42 Å². The van der Waals surface area contributed by atoms with Crippen molar-refractivity contribution in [1.29, 1.82) is 0 Å². The maximum absolute atomic E-state index is 13.1. The molecule has 0 unspecified atom stereocenters. The van der Waals surface area contributed by atoms with E-state index in [0.717, 1.165) is 6.07 Å². The molecule has 3 rings (SSSR count). The Morgan fingerprint density at radius 2 is 1.79 bits per heavy atom. The number of hydrogen-bond donors (Lipinski definition) is 2. The Morgan fingerprint density at radius 1 is 1.12 bits per heavy atom. The van der Waals surface area contributed by atoms with Crippen molar-refractivity contribution in [3.05, 3.63) is 46.5 Å². The fourth-order valence-corrected chi connectivity index (χ4v) is 3.52. The molecule has 10 nitrogen and oxygen atoms in total. The van der Waals surface area contributed by atoms with Crippen LogP contribution in [0.2, 0.25) is 5.02 Å². The number of carbonyl (C=O) groups excluding carboxylic acids is 2. The summed E-state index contributed by atoms with van der Waals surface area (Å²) in [4.78, 5) is 47.6. The Hall–Kier alpha value is -3.37. The minimum atomic E-state index is -1.32. The SMILES string of the molecule is C[C@@H]1C[C@@H]2O[C@H]2/C=C\C=C\C(=O)Cc2c(Cl)c(OCC(=O)O)cc(OCC(=O)O)c2C(=O)O1. The molecule has 0 aromatic heterocycles.